The standard InChI is InChI=1S/C29H35Cl2F2N3O/c1-5-18-14-35(15-18)8-9-37-20-12-23(30)26(24(31)13-20)28-27-22(10-17(2)36(28)16-29(3,4)33)21-11-19(32)6-7-25(21)34-27/h6-7,11-13,17-18,28,34H,5,8-10,14-16H2,1-4H3/t17-,28?/m1/s1. The van der Waals surface area contributed by atoms with E-state index in [0.717, 1.165) is 47.7 Å². The van der Waals surface area contributed by atoms with Crippen LogP contribution in [0.25, 0.3) is 10.9 Å². The van der Waals surface area contributed by atoms with Crippen LogP contribution >= 0.6 is 23.2 Å². The Balaban J connectivity index is 1.48. The maximum Gasteiger partial charge on any atom is 0.123 e. The second-order valence-corrected chi connectivity index (χ2v) is 12.1. The molecule has 0 radical (unpaired) electrons. The number of nitrogens with one attached hydrogen (secondary N) is 1. The van der Waals surface area contributed by atoms with Crippen molar-refractivity contribution in [2.75, 3.05) is 32.8 Å². The maximum absolute atomic E-state index is 15.0. The van der Waals surface area contributed by atoms with Gasteiger partial charge in [0.2, 0.25) is 0 Å². The van der Waals surface area contributed by atoms with Crippen LogP contribution in [0.1, 0.15) is 57.0 Å². The number of benzene rings is 2. The molecule has 0 aliphatic carbocycles. The summed E-state index contributed by atoms with van der Waals surface area (Å²) in [5.41, 5.74) is 2.01. The topological polar surface area (TPSA) is 31.5 Å². The van der Waals surface area contributed by atoms with Gasteiger partial charge in [-0.15, -0.1) is 0 Å². The third-order valence-electron chi connectivity index (χ3n) is 7.74. The molecule has 1 unspecified atom stereocenters. The number of likely N-dealkylation sites (tertiary alicyclic amines) is 1. The monoisotopic (exact) mass is 549 g/mol. The molecule has 4 nitrogen and oxygen atoms in total. The van der Waals surface area contributed by atoms with Gasteiger partial charge in [0.15, 0.2) is 0 Å². The summed E-state index contributed by atoms with van der Waals surface area (Å²) in [4.78, 5) is 7.97. The molecule has 1 N–H and O–H groups in total. The fourth-order valence-corrected chi connectivity index (χ4v) is 6.51. The smallest absolute Gasteiger partial charge is 0.123 e. The van der Waals surface area contributed by atoms with Gasteiger partial charge in [-0.05, 0) is 69.0 Å². The predicted octanol–water partition coefficient (Wildman–Crippen LogP) is 7.42. The summed E-state index contributed by atoms with van der Waals surface area (Å²) in [5.74, 6) is 1.13. The van der Waals surface area contributed by atoms with Crippen molar-refractivity contribution in [2.45, 2.75) is 58.3 Å². The average Bonchev–Trinajstić information content (AvgIpc) is 3.13. The molecular weight excluding hydrogens is 515 g/mol. The first-order valence-electron chi connectivity index (χ1n) is 13.1. The molecule has 2 aliphatic heterocycles. The van der Waals surface area contributed by atoms with Crippen LogP contribution in [0.5, 0.6) is 5.75 Å². The Morgan fingerprint density at radius 2 is 1.84 bits per heavy atom. The van der Waals surface area contributed by atoms with E-state index in [4.69, 9.17) is 27.9 Å². The van der Waals surface area contributed by atoms with Crippen molar-refractivity contribution in [1.29, 1.82) is 0 Å². The number of rotatable bonds is 8. The quantitative estimate of drug-likeness (QED) is 0.317. The van der Waals surface area contributed by atoms with Gasteiger partial charge in [-0.2, -0.15) is 0 Å². The molecule has 8 heteroatoms. The number of aromatic amines is 1. The number of halogens is 4. The summed E-state index contributed by atoms with van der Waals surface area (Å²) in [7, 11) is 0. The van der Waals surface area contributed by atoms with Crippen LogP contribution in [0.15, 0.2) is 30.3 Å². The van der Waals surface area contributed by atoms with Crippen LogP contribution in [0, 0.1) is 11.7 Å². The predicted molar refractivity (Wildman–Crippen MR) is 147 cm³/mol. The van der Waals surface area contributed by atoms with Crippen molar-refractivity contribution >= 4 is 34.1 Å². The van der Waals surface area contributed by atoms with E-state index in [0.29, 0.717) is 34.4 Å². The number of hydrogen-bond donors (Lipinski definition) is 1. The molecule has 1 saturated heterocycles. The van der Waals surface area contributed by atoms with E-state index in [1.165, 1.54) is 12.5 Å². The molecule has 3 aromatic rings. The summed E-state index contributed by atoms with van der Waals surface area (Å²) in [6, 6.07) is 7.92. The van der Waals surface area contributed by atoms with Gasteiger partial charge < -0.3 is 9.72 Å². The van der Waals surface area contributed by atoms with Crippen molar-refractivity contribution in [3.63, 3.8) is 0 Å². The van der Waals surface area contributed by atoms with E-state index in [-0.39, 0.29) is 18.4 Å². The molecule has 37 heavy (non-hydrogen) atoms. The highest BCUT2D eigenvalue weighted by Crippen LogP contribution is 2.46. The molecule has 3 heterocycles. The Morgan fingerprint density at radius 3 is 2.49 bits per heavy atom. The van der Waals surface area contributed by atoms with E-state index in [1.807, 2.05) is 0 Å². The van der Waals surface area contributed by atoms with Gasteiger partial charge in [-0.1, -0.05) is 36.5 Å². The van der Waals surface area contributed by atoms with E-state index >= 15 is 4.39 Å². The summed E-state index contributed by atoms with van der Waals surface area (Å²) in [6.07, 6.45) is 1.88. The largest absolute Gasteiger partial charge is 0.492 e. The van der Waals surface area contributed by atoms with Gasteiger partial charge in [-0.25, -0.2) is 8.78 Å². The van der Waals surface area contributed by atoms with Crippen LogP contribution in [-0.2, 0) is 6.42 Å². The molecule has 2 aliphatic rings. The minimum atomic E-state index is -1.43. The van der Waals surface area contributed by atoms with E-state index < -0.39 is 11.7 Å². The lowest BCUT2D eigenvalue weighted by molar-refractivity contribution is 0.0667. The number of alkyl halides is 1. The number of hydrogen-bond acceptors (Lipinski definition) is 3. The lowest BCUT2D eigenvalue weighted by Gasteiger charge is -2.43. The zero-order valence-electron chi connectivity index (χ0n) is 21.9. The molecule has 2 aromatic carbocycles. The molecule has 200 valence electrons. The number of aromatic nitrogens is 1. The Bertz CT molecular complexity index is 1260. The minimum absolute atomic E-state index is 0.0127. The Labute approximate surface area is 227 Å². The van der Waals surface area contributed by atoms with E-state index in [2.05, 4.69) is 28.6 Å². The highest BCUT2D eigenvalue weighted by molar-refractivity contribution is 6.36. The SMILES string of the molecule is CCC1CN(CCOc2cc(Cl)c(C3c4[nH]c5ccc(F)cc5c4C[C@@H](C)N3CC(C)(C)F)c(Cl)c2)C1. The zero-order chi connectivity index (χ0) is 26.5. The van der Waals surface area contributed by atoms with Crippen molar-refractivity contribution in [2.24, 2.45) is 5.92 Å². The summed E-state index contributed by atoms with van der Waals surface area (Å²) in [5, 5.41) is 1.78. The van der Waals surface area contributed by atoms with Gasteiger partial charge in [0.05, 0.1) is 16.1 Å². The van der Waals surface area contributed by atoms with Gasteiger partial charge in [0.25, 0.3) is 0 Å². The summed E-state index contributed by atoms with van der Waals surface area (Å²) in [6.45, 7) is 11.3. The van der Waals surface area contributed by atoms with Gasteiger partial charge in [0.1, 0.15) is 23.8 Å². The van der Waals surface area contributed by atoms with Crippen molar-refractivity contribution < 1.29 is 13.5 Å². The van der Waals surface area contributed by atoms with Crippen molar-refractivity contribution in [3.8, 4) is 5.75 Å². The lowest BCUT2D eigenvalue weighted by Crippen LogP contribution is -2.48. The first-order chi connectivity index (χ1) is 17.5. The normalized spacial score (nSPS) is 21.3. The first-order valence-corrected chi connectivity index (χ1v) is 13.9. The van der Waals surface area contributed by atoms with Gasteiger partial charge in [0, 0.05) is 54.4 Å². The van der Waals surface area contributed by atoms with Crippen LogP contribution in [0.3, 0.4) is 0 Å². The third-order valence-corrected chi connectivity index (χ3v) is 8.37. The second kappa shape index (κ2) is 10.4. The fourth-order valence-electron chi connectivity index (χ4n) is 5.83. The highest BCUT2D eigenvalue weighted by Gasteiger charge is 2.40. The molecule has 2 atom stereocenters. The van der Waals surface area contributed by atoms with Crippen LogP contribution in [-0.4, -0.2) is 59.3 Å². The summed E-state index contributed by atoms with van der Waals surface area (Å²) >= 11 is 13.8. The Kier molecular flexibility index (Phi) is 7.49. The zero-order valence-corrected chi connectivity index (χ0v) is 23.4. The van der Waals surface area contributed by atoms with Crippen molar-refractivity contribution in [3.05, 3.63) is 63.0 Å². The molecule has 0 saturated carbocycles. The Hall–Kier alpha value is -1.86. The highest BCUT2D eigenvalue weighted by atomic mass is 35.5. The van der Waals surface area contributed by atoms with Crippen molar-refractivity contribution in [1.82, 2.24) is 14.8 Å². The van der Waals surface area contributed by atoms with Crippen LogP contribution in [0.4, 0.5) is 8.78 Å². The van der Waals surface area contributed by atoms with E-state index in [1.54, 1.807) is 38.1 Å². The number of H-pyrrole nitrogens is 1. The molecule has 0 spiro atoms. The third kappa shape index (κ3) is 5.49. The fraction of sp³-hybridized carbons (Fsp3) is 0.517. The number of ether oxygens (including phenoxy) is 1. The molecular formula is C29H35Cl2F2N3O. The first kappa shape index (κ1) is 26.7. The van der Waals surface area contributed by atoms with Crippen LogP contribution in [0.2, 0.25) is 10.0 Å². The summed E-state index contributed by atoms with van der Waals surface area (Å²) < 4.78 is 35.2. The maximum atomic E-state index is 15.0. The van der Waals surface area contributed by atoms with Gasteiger partial charge >= 0.3 is 0 Å². The van der Waals surface area contributed by atoms with Gasteiger partial charge in [-0.3, -0.25) is 9.80 Å². The lowest BCUT2D eigenvalue weighted by atomic mass is 9.87. The molecule has 0 amide bonds. The average molecular weight is 551 g/mol. The molecule has 0 bridgehead atoms. The molecule has 5 rings (SSSR count). The van der Waals surface area contributed by atoms with Crippen LogP contribution < -0.4 is 4.74 Å². The molecule has 1 aromatic heterocycles. The minimum Gasteiger partial charge on any atom is -0.492 e. The Morgan fingerprint density at radius 1 is 1.14 bits per heavy atom. The number of fused-ring (bicyclic) bond motifs is 3. The second-order valence-electron chi connectivity index (χ2n) is 11.2. The van der Waals surface area contributed by atoms with E-state index in [9.17, 15) is 4.39 Å². The number of nitrogens with zero attached hydrogens (tertiary/aromatic N) is 2. The molecule has 1 fully saturated rings.